The molecule has 1 aromatic rings. The molecule has 2 fully saturated rings. The van der Waals surface area contributed by atoms with Gasteiger partial charge in [-0.25, -0.2) is 4.79 Å². The number of amides is 1. The number of nitro groups is 1. The molecule has 0 radical (unpaired) electrons. The van der Waals surface area contributed by atoms with Gasteiger partial charge in [-0.05, 0) is 65.7 Å². The topological polar surface area (TPSA) is 109 Å². The molecular formula is C25H34N4O5. The first-order valence-electron chi connectivity index (χ1n) is 12.0. The molecular weight excluding hydrogens is 436 g/mol. The van der Waals surface area contributed by atoms with Crippen LogP contribution in [0.15, 0.2) is 6.07 Å². The number of hydrogen-bond donors (Lipinski definition) is 0. The van der Waals surface area contributed by atoms with Gasteiger partial charge in [0.05, 0.1) is 4.92 Å². The Bertz CT molecular complexity index is 1040. The number of nitro benzene ring substituents is 1. The number of benzene rings is 1. The number of nitriles is 1. The van der Waals surface area contributed by atoms with E-state index in [1.165, 1.54) is 0 Å². The summed E-state index contributed by atoms with van der Waals surface area (Å²) in [4.78, 5) is 28.0. The van der Waals surface area contributed by atoms with Crippen molar-refractivity contribution in [2.45, 2.75) is 77.9 Å². The van der Waals surface area contributed by atoms with Crippen molar-refractivity contribution in [1.29, 1.82) is 5.26 Å². The van der Waals surface area contributed by atoms with Crippen LogP contribution in [0.4, 0.5) is 16.2 Å². The zero-order valence-corrected chi connectivity index (χ0v) is 20.8. The lowest BCUT2D eigenvalue weighted by Crippen LogP contribution is -2.51. The van der Waals surface area contributed by atoms with Crippen molar-refractivity contribution in [3.05, 3.63) is 27.3 Å². The minimum atomic E-state index is -0.537. The molecule has 3 heterocycles. The Morgan fingerprint density at radius 1 is 1.24 bits per heavy atom. The molecule has 3 aliphatic rings. The molecule has 1 amide bonds. The van der Waals surface area contributed by atoms with Crippen LogP contribution >= 0.6 is 0 Å². The third-order valence-corrected chi connectivity index (χ3v) is 7.07. The van der Waals surface area contributed by atoms with Gasteiger partial charge in [0, 0.05) is 44.2 Å². The lowest BCUT2D eigenvalue weighted by Gasteiger charge is -2.48. The fourth-order valence-electron chi connectivity index (χ4n) is 5.57. The van der Waals surface area contributed by atoms with Gasteiger partial charge in [-0.1, -0.05) is 0 Å². The summed E-state index contributed by atoms with van der Waals surface area (Å²) >= 11 is 0. The van der Waals surface area contributed by atoms with E-state index in [1.54, 1.807) is 11.0 Å². The standard InChI is InChI=1S/C25H34N4O5/c1-23(2,3)34-22(30)27-11-8-25(9-12-27)7-6-10-28(16-25)20-18(15-26)21-17(13-19(20)29(31)32)14-24(4,5)33-21/h13H,6-12,14,16H2,1-5H3. The van der Waals surface area contributed by atoms with Gasteiger partial charge in [0.1, 0.15) is 34.3 Å². The molecule has 0 saturated carbocycles. The highest BCUT2D eigenvalue weighted by molar-refractivity contribution is 5.78. The second kappa shape index (κ2) is 8.33. The number of fused-ring (bicyclic) bond motifs is 1. The lowest BCUT2D eigenvalue weighted by atomic mass is 9.72. The largest absolute Gasteiger partial charge is 0.486 e. The summed E-state index contributed by atoms with van der Waals surface area (Å²) in [5, 5.41) is 22.1. The summed E-state index contributed by atoms with van der Waals surface area (Å²) in [7, 11) is 0. The van der Waals surface area contributed by atoms with Gasteiger partial charge in [-0.15, -0.1) is 0 Å². The van der Waals surface area contributed by atoms with Crippen molar-refractivity contribution in [2.75, 3.05) is 31.1 Å². The molecule has 9 heteroatoms. The summed E-state index contributed by atoms with van der Waals surface area (Å²) in [5.41, 5.74) is 0.226. The molecule has 4 rings (SSSR count). The number of carbonyl (C=O) groups is 1. The molecule has 0 bridgehead atoms. The van der Waals surface area contributed by atoms with Crippen LogP contribution in [0.25, 0.3) is 0 Å². The van der Waals surface area contributed by atoms with E-state index in [2.05, 4.69) is 6.07 Å². The summed E-state index contributed by atoms with van der Waals surface area (Å²) in [6.45, 7) is 11.9. The van der Waals surface area contributed by atoms with E-state index in [0.29, 0.717) is 44.0 Å². The van der Waals surface area contributed by atoms with E-state index in [9.17, 15) is 20.2 Å². The molecule has 34 heavy (non-hydrogen) atoms. The molecule has 0 atom stereocenters. The molecule has 9 nitrogen and oxygen atoms in total. The van der Waals surface area contributed by atoms with Gasteiger partial charge in [-0.3, -0.25) is 10.1 Å². The van der Waals surface area contributed by atoms with E-state index >= 15 is 0 Å². The summed E-state index contributed by atoms with van der Waals surface area (Å²) < 4.78 is 11.6. The van der Waals surface area contributed by atoms with Crippen molar-refractivity contribution in [2.24, 2.45) is 5.41 Å². The van der Waals surface area contributed by atoms with E-state index in [4.69, 9.17) is 9.47 Å². The number of hydrogen-bond acceptors (Lipinski definition) is 7. The SMILES string of the molecule is CC(C)(C)OC(=O)N1CCC2(CCCN(c3c([N+](=O)[O-])cc4c(c3C#N)OC(C)(C)C4)C2)CC1. The molecule has 184 valence electrons. The molecule has 0 unspecified atom stereocenters. The zero-order chi connectivity index (χ0) is 24.9. The second-order valence-electron chi connectivity index (χ2n) is 11.5. The third-order valence-electron chi connectivity index (χ3n) is 7.07. The second-order valence-corrected chi connectivity index (χ2v) is 11.5. The van der Waals surface area contributed by atoms with Crippen LogP contribution in [0.5, 0.6) is 5.75 Å². The van der Waals surface area contributed by atoms with Crippen molar-refractivity contribution >= 4 is 17.5 Å². The normalized spacial score (nSPS) is 20.9. The maximum absolute atomic E-state index is 12.5. The fourth-order valence-corrected chi connectivity index (χ4v) is 5.57. The van der Waals surface area contributed by atoms with Crippen LogP contribution in [0.3, 0.4) is 0 Å². The van der Waals surface area contributed by atoms with E-state index in [0.717, 1.165) is 31.2 Å². The maximum atomic E-state index is 12.5. The lowest BCUT2D eigenvalue weighted by molar-refractivity contribution is -0.384. The number of ether oxygens (including phenoxy) is 2. The van der Waals surface area contributed by atoms with Crippen LogP contribution in [-0.4, -0.2) is 53.3 Å². The Labute approximate surface area is 200 Å². The van der Waals surface area contributed by atoms with E-state index in [-0.39, 0.29) is 27.7 Å². The van der Waals surface area contributed by atoms with Gasteiger partial charge in [-0.2, -0.15) is 5.26 Å². The predicted octanol–water partition coefficient (Wildman–Crippen LogP) is 4.80. The van der Waals surface area contributed by atoms with Crippen LogP contribution < -0.4 is 9.64 Å². The van der Waals surface area contributed by atoms with Crippen molar-refractivity contribution in [1.82, 2.24) is 4.90 Å². The van der Waals surface area contributed by atoms with Crippen molar-refractivity contribution in [3.63, 3.8) is 0 Å². The van der Waals surface area contributed by atoms with Crippen LogP contribution in [-0.2, 0) is 11.2 Å². The average Bonchev–Trinajstić information content (AvgIpc) is 3.05. The van der Waals surface area contributed by atoms with Crippen molar-refractivity contribution in [3.8, 4) is 11.8 Å². The maximum Gasteiger partial charge on any atom is 0.410 e. The highest BCUT2D eigenvalue weighted by Crippen LogP contribution is 2.49. The van der Waals surface area contributed by atoms with Crippen molar-refractivity contribution < 1.29 is 19.2 Å². The number of piperidine rings is 2. The Morgan fingerprint density at radius 2 is 1.91 bits per heavy atom. The minimum Gasteiger partial charge on any atom is -0.486 e. The molecule has 3 aliphatic heterocycles. The van der Waals surface area contributed by atoms with Gasteiger partial charge in [0.25, 0.3) is 5.69 Å². The molecule has 0 N–H and O–H groups in total. The van der Waals surface area contributed by atoms with Crippen LogP contribution in [0.2, 0.25) is 0 Å². The highest BCUT2D eigenvalue weighted by atomic mass is 16.6. The average molecular weight is 471 g/mol. The van der Waals surface area contributed by atoms with Gasteiger partial charge in [0.2, 0.25) is 0 Å². The molecule has 2 saturated heterocycles. The van der Waals surface area contributed by atoms with Gasteiger partial charge < -0.3 is 19.3 Å². The summed E-state index contributed by atoms with van der Waals surface area (Å²) in [5.74, 6) is 0.479. The Balaban J connectivity index is 1.60. The number of carbonyl (C=O) groups excluding carboxylic acids is 1. The van der Waals surface area contributed by atoms with E-state index in [1.807, 2.05) is 39.5 Å². The predicted molar refractivity (Wildman–Crippen MR) is 127 cm³/mol. The first-order chi connectivity index (χ1) is 15.8. The Morgan fingerprint density at radius 3 is 2.50 bits per heavy atom. The minimum absolute atomic E-state index is 0.0279. The summed E-state index contributed by atoms with van der Waals surface area (Å²) in [6.07, 6.45) is 3.70. The summed E-state index contributed by atoms with van der Waals surface area (Å²) in [6, 6.07) is 3.81. The number of anilines is 1. The molecule has 0 aliphatic carbocycles. The number of rotatable bonds is 2. The Hall–Kier alpha value is -3.02. The van der Waals surface area contributed by atoms with E-state index < -0.39 is 11.2 Å². The quantitative estimate of drug-likeness (QED) is 0.451. The first-order valence-corrected chi connectivity index (χ1v) is 12.0. The third kappa shape index (κ3) is 4.63. The molecule has 1 spiro atoms. The fraction of sp³-hybridized carbons (Fsp3) is 0.680. The van der Waals surface area contributed by atoms with Crippen LogP contribution in [0.1, 0.15) is 71.4 Å². The molecule has 0 aromatic heterocycles. The zero-order valence-electron chi connectivity index (χ0n) is 20.8. The van der Waals surface area contributed by atoms with Crippen LogP contribution in [0, 0.1) is 26.9 Å². The highest BCUT2D eigenvalue weighted by Gasteiger charge is 2.44. The smallest absolute Gasteiger partial charge is 0.410 e. The Kier molecular flexibility index (Phi) is 5.91. The monoisotopic (exact) mass is 470 g/mol. The van der Waals surface area contributed by atoms with Gasteiger partial charge >= 0.3 is 6.09 Å². The first kappa shape index (κ1) is 24.1. The molecule has 1 aromatic carbocycles. The van der Waals surface area contributed by atoms with Gasteiger partial charge in [0.15, 0.2) is 0 Å². The number of nitrogens with zero attached hydrogens (tertiary/aromatic N) is 4. The number of likely N-dealkylation sites (tertiary alicyclic amines) is 1.